The summed E-state index contributed by atoms with van der Waals surface area (Å²) in [5.74, 6) is 0.595. The minimum atomic E-state index is -0.0923. The van der Waals surface area contributed by atoms with Gasteiger partial charge in [0.1, 0.15) is 0 Å². The van der Waals surface area contributed by atoms with Crippen molar-refractivity contribution in [3.8, 4) is 5.69 Å². The lowest BCUT2D eigenvalue weighted by molar-refractivity contribution is -0.120. The Labute approximate surface area is 173 Å². The third-order valence-corrected chi connectivity index (χ3v) is 5.41. The van der Waals surface area contributed by atoms with E-state index in [2.05, 4.69) is 20.6 Å². The van der Waals surface area contributed by atoms with Crippen LogP contribution in [0.3, 0.4) is 0 Å². The van der Waals surface area contributed by atoms with E-state index in [4.69, 9.17) is 11.6 Å². The Morgan fingerprint density at radius 2 is 1.97 bits per heavy atom. The number of halogens is 1. The second-order valence-corrected chi connectivity index (χ2v) is 7.40. The molecule has 1 amide bonds. The van der Waals surface area contributed by atoms with Crippen molar-refractivity contribution in [1.82, 2.24) is 29.7 Å². The molecule has 3 aromatic heterocycles. The van der Waals surface area contributed by atoms with Crippen LogP contribution < -0.4 is 5.32 Å². The topological polar surface area (TPSA) is 77.1 Å². The number of nitrogens with zero attached hydrogens (tertiary/aromatic N) is 5. The van der Waals surface area contributed by atoms with Gasteiger partial charge in [0.05, 0.1) is 24.3 Å². The number of pyridine rings is 1. The van der Waals surface area contributed by atoms with Gasteiger partial charge in [-0.1, -0.05) is 23.7 Å². The average molecular weight is 409 g/mol. The molecule has 0 unspecified atom stereocenters. The summed E-state index contributed by atoms with van der Waals surface area (Å²) in [7, 11) is 0. The molecule has 0 spiro atoms. The summed E-state index contributed by atoms with van der Waals surface area (Å²) in [5.41, 5.74) is 5.29. The first-order valence-corrected chi connectivity index (χ1v) is 9.69. The SMILES string of the molecule is Cc1ccc(-n2nc(C)c(CC(=O)NCc3nnc4ccccn34)c2C)cc1Cl. The van der Waals surface area contributed by atoms with E-state index in [1.54, 1.807) is 0 Å². The van der Waals surface area contributed by atoms with Crippen molar-refractivity contribution in [3.05, 3.63) is 76.0 Å². The largest absolute Gasteiger partial charge is 0.348 e. The normalized spacial score (nSPS) is 11.2. The fourth-order valence-electron chi connectivity index (χ4n) is 3.31. The second-order valence-electron chi connectivity index (χ2n) is 6.99. The van der Waals surface area contributed by atoms with Gasteiger partial charge in [0.25, 0.3) is 0 Å². The number of fused-ring (bicyclic) bond motifs is 1. The molecule has 0 saturated heterocycles. The summed E-state index contributed by atoms with van der Waals surface area (Å²) >= 11 is 6.26. The molecule has 148 valence electrons. The van der Waals surface area contributed by atoms with Gasteiger partial charge in [-0.15, -0.1) is 10.2 Å². The van der Waals surface area contributed by atoms with E-state index in [0.717, 1.165) is 33.8 Å². The van der Waals surface area contributed by atoms with E-state index in [-0.39, 0.29) is 12.3 Å². The molecule has 29 heavy (non-hydrogen) atoms. The van der Waals surface area contributed by atoms with Gasteiger partial charge >= 0.3 is 0 Å². The number of benzene rings is 1. The molecule has 0 aliphatic carbocycles. The molecular weight excluding hydrogens is 388 g/mol. The number of hydrogen-bond acceptors (Lipinski definition) is 4. The predicted octanol–water partition coefficient (Wildman–Crippen LogP) is 3.35. The smallest absolute Gasteiger partial charge is 0.224 e. The summed E-state index contributed by atoms with van der Waals surface area (Å²) in [4.78, 5) is 12.6. The van der Waals surface area contributed by atoms with Crippen molar-refractivity contribution in [3.63, 3.8) is 0 Å². The second kappa shape index (κ2) is 7.67. The lowest BCUT2D eigenvalue weighted by Crippen LogP contribution is -2.26. The number of amides is 1. The molecule has 3 heterocycles. The van der Waals surface area contributed by atoms with Crippen molar-refractivity contribution in [2.75, 3.05) is 0 Å². The molecule has 0 bridgehead atoms. The maximum absolute atomic E-state index is 12.6. The molecule has 0 atom stereocenters. The van der Waals surface area contributed by atoms with Gasteiger partial charge in [-0.05, 0) is 50.6 Å². The molecule has 0 saturated carbocycles. The van der Waals surface area contributed by atoms with Crippen LogP contribution >= 0.6 is 11.6 Å². The van der Waals surface area contributed by atoms with E-state index < -0.39 is 0 Å². The zero-order chi connectivity index (χ0) is 20.5. The first-order valence-electron chi connectivity index (χ1n) is 9.31. The van der Waals surface area contributed by atoms with Crippen LogP contribution in [0.5, 0.6) is 0 Å². The lowest BCUT2D eigenvalue weighted by Gasteiger charge is -2.08. The molecule has 1 aromatic carbocycles. The van der Waals surface area contributed by atoms with Gasteiger partial charge in [0.2, 0.25) is 5.91 Å². The molecule has 4 rings (SSSR count). The predicted molar refractivity (Wildman–Crippen MR) is 111 cm³/mol. The molecule has 1 N–H and O–H groups in total. The molecule has 0 radical (unpaired) electrons. The van der Waals surface area contributed by atoms with Crippen molar-refractivity contribution in [2.24, 2.45) is 0 Å². The van der Waals surface area contributed by atoms with Crippen LogP contribution in [0.25, 0.3) is 11.3 Å². The van der Waals surface area contributed by atoms with Gasteiger partial charge in [0, 0.05) is 22.5 Å². The van der Waals surface area contributed by atoms with E-state index in [0.29, 0.717) is 17.4 Å². The highest BCUT2D eigenvalue weighted by Crippen LogP contribution is 2.23. The Bertz CT molecular complexity index is 1210. The van der Waals surface area contributed by atoms with Crippen LogP contribution in [-0.4, -0.2) is 30.3 Å². The molecule has 0 aliphatic heterocycles. The fourth-order valence-corrected chi connectivity index (χ4v) is 3.48. The van der Waals surface area contributed by atoms with Gasteiger partial charge in [-0.2, -0.15) is 5.10 Å². The van der Waals surface area contributed by atoms with Crippen LogP contribution in [0.4, 0.5) is 0 Å². The van der Waals surface area contributed by atoms with Crippen LogP contribution in [0.2, 0.25) is 5.02 Å². The first kappa shape index (κ1) is 19.1. The monoisotopic (exact) mass is 408 g/mol. The van der Waals surface area contributed by atoms with E-state index >= 15 is 0 Å². The summed E-state index contributed by atoms with van der Waals surface area (Å²) in [6.07, 6.45) is 2.12. The Kier molecular flexibility index (Phi) is 5.07. The Balaban J connectivity index is 1.49. The maximum atomic E-state index is 12.6. The number of rotatable bonds is 5. The third kappa shape index (κ3) is 3.73. The first-order chi connectivity index (χ1) is 13.9. The zero-order valence-electron chi connectivity index (χ0n) is 16.5. The molecule has 7 nitrogen and oxygen atoms in total. The van der Waals surface area contributed by atoms with Gasteiger partial charge in [0.15, 0.2) is 11.5 Å². The van der Waals surface area contributed by atoms with Crippen LogP contribution in [0.1, 0.15) is 28.3 Å². The number of carbonyl (C=O) groups excluding carboxylic acids is 1. The maximum Gasteiger partial charge on any atom is 0.224 e. The molecule has 0 aliphatic rings. The minimum Gasteiger partial charge on any atom is -0.348 e. The quantitative estimate of drug-likeness (QED) is 0.549. The molecular formula is C21H21ClN6O. The van der Waals surface area contributed by atoms with Crippen molar-refractivity contribution in [1.29, 1.82) is 0 Å². The molecule has 8 heteroatoms. The van der Waals surface area contributed by atoms with Crippen LogP contribution in [-0.2, 0) is 17.8 Å². The summed E-state index contributed by atoms with van der Waals surface area (Å²) < 4.78 is 3.69. The summed E-state index contributed by atoms with van der Waals surface area (Å²) in [5, 5.41) is 16.5. The number of carbonyl (C=O) groups is 1. The average Bonchev–Trinajstić information content (AvgIpc) is 3.24. The summed E-state index contributed by atoms with van der Waals surface area (Å²) in [6, 6.07) is 11.5. The highest BCUT2D eigenvalue weighted by atomic mass is 35.5. The van der Waals surface area contributed by atoms with Gasteiger partial charge < -0.3 is 5.32 Å². The highest BCUT2D eigenvalue weighted by Gasteiger charge is 2.17. The van der Waals surface area contributed by atoms with Gasteiger partial charge in [-0.3, -0.25) is 9.20 Å². The zero-order valence-corrected chi connectivity index (χ0v) is 17.2. The van der Waals surface area contributed by atoms with Gasteiger partial charge in [-0.25, -0.2) is 4.68 Å². The minimum absolute atomic E-state index is 0.0923. The number of nitrogens with one attached hydrogen (secondary N) is 1. The standard InChI is InChI=1S/C21H21ClN6O/c1-13-7-8-16(10-18(13)22)28-15(3)17(14(2)26-28)11-21(29)23-12-20-25-24-19-6-4-5-9-27(19)20/h4-10H,11-12H2,1-3H3,(H,23,29). The fraction of sp³-hybridized carbons (Fsp3) is 0.238. The highest BCUT2D eigenvalue weighted by molar-refractivity contribution is 6.31. The molecule has 4 aromatic rings. The summed E-state index contributed by atoms with van der Waals surface area (Å²) in [6.45, 7) is 6.14. The van der Waals surface area contributed by atoms with Crippen molar-refractivity contribution >= 4 is 23.2 Å². The van der Waals surface area contributed by atoms with Crippen molar-refractivity contribution in [2.45, 2.75) is 33.7 Å². The lowest BCUT2D eigenvalue weighted by atomic mass is 10.1. The number of aryl methyl sites for hydroxylation is 2. The van der Waals surface area contributed by atoms with E-state index in [9.17, 15) is 4.79 Å². The molecule has 0 fully saturated rings. The van der Waals surface area contributed by atoms with Crippen LogP contribution in [0.15, 0.2) is 42.6 Å². The number of aromatic nitrogens is 5. The Morgan fingerprint density at radius 1 is 1.14 bits per heavy atom. The Hall–Kier alpha value is -3.19. The van der Waals surface area contributed by atoms with E-state index in [1.807, 2.05) is 72.4 Å². The van der Waals surface area contributed by atoms with Crippen LogP contribution in [0, 0.1) is 20.8 Å². The Morgan fingerprint density at radius 3 is 2.76 bits per heavy atom. The van der Waals surface area contributed by atoms with E-state index in [1.165, 1.54) is 0 Å². The van der Waals surface area contributed by atoms with Crippen molar-refractivity contribution < 1.29 is 4.79 Å². The number of hydrogen-bond donors (Lipinski definition) is 1. The third-order valence-electron chi connectivity index (χ3n) is 5.01.